The third-order valence-corrected chi connectivity index (χ3v) is 4.20. The summed E-state index contributed by atoms with van der Waals surface area (Å²) in [4.78, 5) is 4.33. The minimum Gasteiger partial charge on any atom is -0.444 e. The number of hydrogen-bond donors (Lipinski definition) is 1. The van der Waals surface area contributed by atoms with Crippen LogP contribution in [0.5, 0.6) is 0 Å². The lowest BCUT2D eigenvalue weighted by atomic mass is 10.3. The Kier molecular flexibility index (Phi) is 4.50. The van der Waals surface area contributed by atoms with Crippen LogP contribution in [0.25, 0.3) is 0 Å². The van der Waals surface area contributed by atoms with Crippen molar-refractivity contribution in [3.63, 3.8) is 0 Å². The smallest absolute Gasteiger partial charge is 0.213 e. The Morgan fingerprint density at radius 2 is 1.78 bits per heavy atom. The Hall–Kier alpha value is -0.330. The molecule has 18 heavy (non-hydrogen) atoms. The maximum Gasteiger partial charge on any atom is 0.213 e. The van der Waals surface area contributed by atoms with E-state index in [4.69, 9.17) is 4.42 Å². The number of halogens is 3. The molecule has 3 nitrogen and oxygen atoms in total. The summed E-state index contributed by atoms with van der Waals surface area (Å²) in [5, 5.41) is 3.29. The molecule has 0 saturated heterocycles. The van der Waals surface area contributed by atoms with Crippen LogP contribution in [0.1, 0.15) is 17.3 Å². The minimum atomic E-state index is 0.549. The van der Waals surface area contributed by atoms with E-state index in [1.807, 2.05) is 26.0 Å². The number of nitrogens with zero attached hydrogens (tertiary/aromatic N) is 1. The Morgan fingerprint density at radius 1 is 1.17 bits per heavy atom. The van der Waals surface area contributed by atoms with Gasteiger partial charge in [-0.2, -0.15) is 0 Å². The van der Waals surface area contributed by atoms with Gasteiger partial charge in [0.15, 0.2) is 0 Å². The summed E-state index contributed by atoms with van der Waals surface area (Å²) in [5.41, 5.74) is 1.91. The summed E-state index contributed by atoms with van der Waals surface area (Å²) >= 11 is 10.5. The van der Waals surface area contributed by atoms with E-state index >= 15 is 0 Å². The van der Waals surface area contributed by atoms with Crippen LogP contribution in [0.2, 0.25) is 0 Å². The molecule has 2 aromatic rings. The number of aryl methyl sites for hydroxylation is 2. The van der Waals surface area contributed by atoms with E-state index in [9.17, 15) is 0 Å². The number of nitrogens with one attached hydrogen (secondary N) is 1. The maximum atomic E-state index is 5.53. The van der Waals surface area contributed by atoms with Gasteiger partial charge in [0.1, 0.15) is 5.76 Å². The van der Waals surface area contributed by atoms with E-state index in [2.05, 4.69) is 58.1 Å². The maximum absolute atomic E-state index is 5.53. The van der Waals surface area contributed by atoms with Gasteiger partial charge < -0.3 is 9.73 Å². The fourth-order valence-electron chi connectivity index (χ4n) is 1.49. The van der Waals surface area contributed by atoms with Gasteiger partial charge in [-0.25, -0.2) is 4.98 Å². The first-order chi connectivity index (χ1) is 8.47. The molecule has 1 aromatic carbocycles. The predicted molar refractivity (Wildman–Crippen MR) is 82.8 cm³/mol. The third kappa shape index (κ3) is 3.16. The quantitative estimate of drug-likeness (QED) is 0.716. The summed E-state index contributed by atoms with van der Waals surface area (Å²) in [6, 6.07) is 3.97. The first kappa shape index (κ1) is 14.1. The summed E-state index contributed by atoms with van der Waals surface area (Å²) in [7, 11) is 0. The Balaban J connectivity index is 2.15. The molecule has 0 bridgehead atoms. The second kappa shape index (κ2) is 5.75. The van der Waals surface area contributed by atoms with Crippen molar-refractivity contribution < 1.29 is 4.42 Å². The largest absolute Gasteiger partial charge is 0.444 e. The fourth-order valence-corrected chi connectivity index (χ4v) is 4.03. The van der Waals surface area contributed by atoms with Gasteiger partial charge in [-0.3, -0.25) is 0 Å². The van der Waals surface area contributed by atoms with Gasteiger partial charge >= 0.3 is 0 Å². The van der Waals surface area contributed by atoms with Crippen molar-refractivity contribution in [3.05, 3.63) is 42.9 Å². The highest BCUT2D eigenvalue weighted by molar-refractivity contribution is 9.11. The summed E-state index contributed by atoms with van der Waals surface area (Å²) in [6.07, 6.45) is 0. The van der Waals surface area contributed by atoms with E-state index in [0.717, 1.165) is 30.6 Å². The second-order valence-electron chi connectivity index (χ2n) is 3.85. The van der Waals surface area contributed by atoms with Crippen LogP contribution in [0.4, 0.5) is 5.69 Å². The summed E-state index contributed by atoms with van der Waals surface area (Å²) in [5.74, 6) is 1.55. The second-order valence-corrected chi connectivity index (χ2v) is 6.47. The first-order valence-corrected chi connectivity index (χ1v) is 7.66. The lowest BCUT2D eigenvalue weighted by Gasteiger charge is -2.09. The molecule has 1 heterocycles. The number of aromatic nitrogens is 1. The molecule has 0 amide bonds. The molecular formula is C12H11Br3N2O. The van der Waals surface area contributed by atoms with Gasteiger partial charge in [0.2, 0.25) is 5.89 Å². The molecule has 1 aromatic heterocycles. The number of benzene rings is 1. The van der Waals surface area contributed by atoms with E-state index in [0.29, 0.717) is 12.4 Å². The number of rotatable bonds is 3. The molecular weight excluding hydrogens is 428 g/mol. The van der Waals surface area contributed by atoms with Gasteiger partial charge in [-0.1, -0.05) is 15.9 Å². The van der Waals surface area contributed by atoms with Gasteiger partial charge in [-0.15, -0.1) is 0 Å². The molecule has 0 saturated carbocycles. The number of hydrogen-bond acceptors (Lipinski definition) is 3. The van der Waals surface area contributed by atoms with Crippen LogP contribution in [0, 0.1) is 13.8 Å². The fraction of sp³-hybridized carbons (Fsp3) is 0.250. The summed E-state index contributed by atoms with van der Waals surface area (Å²) < 4.78 is 8.49. The Labute approximate surface area is 131 Å². The molecule has 0 unspecified atom stereocenters. The van der Waals surface area contributed by atoms with Crippen molar-refractivity contribution in [3.8, 4) is 0 Å². The van der Waals surface area contributed by atoms with Crippen LogP contribution in [0.15, 0.2) is 30.0 Å². The van der Waals surface area contributed by atoms with Crippen LogP contribution < -0.4 is 5.32 Å². The highest BCUT2D eigenvalue weighted by atomic mass is 79.9. The van der Waals surface area contributed by atoms with Gasteiger partial charge in [-0.05, 0) is 57.8 Å². The number of anilines is 1. The van der Waals surface area contributed by atoms with Crippen molar-refractivity contribution in [1.29, 1.82) is 0 Å². The molecule has 2 rings (SSSR count). The molecule has 0 aliphatic heterocycles. The predicted octanol–water partition coefficient (Wildman–Crippen LogP) is 5.19. The first-order valence-electron chi connectivity index (χ1n) is 5.28. The molecule has 0 aliphatic carbocycles. The highest BCUT2D eigenvalue weighted by Gasteiger charge is 2.09. The van der Waals surface area contributed by atoms with Crippen molar-refractivity contribution in [2.24, 2.45) is 0 Å². The third-order valence-electron chi connectivity index (χ3n) is 2.50. The molecule has 0 aliphatic rings. The SMILES string of the molecule is Cc1nc(CNc2c(Br)cc(Br)cc2Br)oc1C. The lowest BCUT2D eigenvalue weighted by Crippen LogP contribution is -2.01. The summed E-state index contributed by atoms with van der Waals surface area (Å²) in [6.45, 7) is 4.40. The normalized spacial score (nSPS) is 10.7. The van der Waals surface area contributed by atoms with E-state index in [1.54, 1.807) is 0 Å². The lowest BCUT2D eigenvalue weighted by molar-refractivity contribution is 0.478. The van der Waals surface area contributed by atoms with Gasteiger partial charge in [0, 0.05) is 13.4 Å². The molecule has 0 radical (unpaired) electrons. The van der Waals surface area contributed by atoms with Crippen LogP contribution in [-0.2, 0) is 6.54 Å². The monoisotopic (exact) mass is 436 g/mol. The van der Waals surface area contributed by atoms with Crippen LogP contribution >= 0.6 is 47.8 Å². The molecule has 0 spiro atoms. The van der Waals surface area contributed by atoms with E-state index in [1.165, 1.54) is 0 Å². The van der Waals surface area contributed by atoms with Gasteiger partial charge in [0.05, 0.1) is 17.9 Å². The zero-order chi connectivity index (χ0) is 13.3. The molecule has 0 fully saturated rings. The van der Waals surface area contributed by atoms with Crippen molar-refractivity contribution >= 4 is 53.5 Å². The molecule has 96 valence electrons. The Bertz CT molecular complexity index is 538. The number of oxazole rings is 1. The van der Waals surface area contributed by atoms with E-state index < -0.39 is 0 Å². The zero-order valence-electron chi connectivity index (χ0n) is 9.85. The standard InChI is InChI=1S/C12H11Br3N2O/c1-6-7(2)18-11(17-6)5-16-12-9(14)3-8(13)4-10(12)15/h3-4,16H,5H2,1-2H3. The molecule has 1 N–H and O–H groups in total. The van der Waals surface area contributed by atoms with Crippen molar-refractivity contribution in [1.82, 2.24) is 4.98 Å². The topological polar surface area (TPSA) is 38.1 Å². The van der Waals surface area contributed by atoms with Crippen molar-refractivity contribution in [2.45, 2.75) is 20.4 Å². The molecule has 0 atom stereocenters. The average molecular weight is 439 g/mol. The average Bonchev–Trinajstić information content (AvgIpc) is 2.56. The van der Waals surface area contributed by atoms with Crippen LogP contribution in [-0.4, -0.2) is 4.98 Å². The highest BCUT2D eigenvalue weighted by Crippen LogP contribution is 2.34. The van der Waals surface area contributed by atoms with Gasteiger partial charge in [0.25, 0.3) is 0 Å². The minimum absolute atomic E-state index is 0.549. The Morgan fingerprint density at radius 3 is 2.28 bits per heavy atom. The molecule has 6 heteroatoms. The van der Waals surface area contributed by atoms with E-state index in [-0.39, 0.29) is 0 Å². The van der Waals surface area contributed by atoms with Crippen molar-refractivity contribution in [2.75, 3.05) is 5.32 Å². The zero-order valence-corrected chi connectivity index (χ0v) is 14.6. The van der Waals surface area contributed by atoms with Crippen LogP contribution in [0.3, 0.4) is 0 Å².